The van der Waals surface area contributed by atoms with Gasteiger partial charge in [-0.3, -0.25) is 4.79 Å². The Morgan fingerprint density at radius 3 is 2.72 bits per heavy atom. The van der Waals surface area contributed by atoms with Crippen molar-refractivity contribution in [2.24, 2.45) is 5.73 Å². The SMILES string of the molecule is NC1CC(=O)N(C2CC2)C1c1ccc(Cl)c(Br)c1. The molecule has 3 nitrogen and oxygen atoms in total. The van der Waals surface area contributed by atoms with Crippen molar-refractivity contribution < 1.29 is 4.79 Å². The molecule has 96 valence electrons. The van der Waals surface area contributed by atoms with E-state index in [2.05, 4.69) is 15.9 Å². The van der Waals surface area contributed by atoms with Crippen molar-refractivity contribution in [2.75, 3.05) is 0 Å². The maximum absolute atomic E-state index is 12.0. The van der Waals surface area contributed by atoms with Crippen LogP contribution in [0, 0.1) is 0 Å². The van der Waals surface area contributed by atoms with E-state index < -0.39 is 0 Å². The summed E-state index contributed by atoms with van der Waals surface area (Å²) in [6.07, 6.45) is 2.65. The second kappa shape index (κ2) is 4.51. The molecule has 0 bridgehead atoms. The van der Waals surface area contributed by atoms with Gasteiger partial charge in [-0.25, -0.2) is 0 Å². The highest BCUT2D eigenvalue weighted by atomic mass is 79.9. The minimum absolute atomic E-state index is 0.00133. The molecule has 2 atom stereocenters. The number of benzene rings is 1. The summed E-state index contributed by atoms with van der Waals surface area (Å²) in [5, 5.41) is 0.676. The normalized spacial score (nSPS) is 27.9. The van der Waals surface area contributed by atoms with E-state index in [1.165, 1.54) is 0 Å². The van der Waals surface area contributed by atoms with E-state index in [9.17, 15) is 4.79 Å². The van der Waals surface area contributed by atoms with E-state index >= 15 is 0 Å². The molecule has 2 unspecified atom stereocenters. The van der Waals surface area contributed by atoms with E-state index in [-0.39, 0.29) is 18.0 Å². The molecule has 1 amide bonds. The molecule has 2 aliphatic rings. The lowest BCUT2D eigenvalue weighted by molar-refractivity contribution is -0.129. The third kappa shape index (κ3) is 2.06. The fraction of sp³-hybridized carbons (Fsp3) is 0.462. The first-order chi connectivity index (χ1) is 8.58. The Morgan fingerprint density at radius 2 is 2.11 bits per heavy atom. The van der Waals surface area contributed by atoms with Gasteiger partial charge in [0.05, 0.1) is 11.1 Å². The molecule has 1 heterocycles. The minimum atomic E-state index is -0.119. The number of carbonyl (C=O) groups excluding carboxylic acids is 1. The van der Waals surface area contributed by atoms with E-state index in [1.807, 2.05) is 23.1 Å². The Balaban J connectivity index is 1.97. The molecule has 1 aliphatic heterocycles. The summed E-state index contributed by atoms with van der Waals surface area (Å²) in [6, 6.07) is 6.06. The van der Waals surface area contributed by atoms with Gasteiger partial charge >= 0.3 is 0 Å². The number of nitrogens with two attached hydrogens (primary N) is 1. The van der Waals surface area contributed by atoms with Crippen molar-refractivity contribution in [1.29, 1.82) is 0 Å². The zero-order chi connectivity index (χ0) is 12.9. The van der Waals surface area contributed by atoms with Crippen molar-refractivity contribution in [1.82, 2.24) is 4.90 Å². The first kappa shape index (κ1) is 12.5. The first-order valence-corrected chi connectivity index (χ1v) is 7.26. The molecule has 1 aliphatic carbocycles. The number of nitrogens with zero attached hydrogens (tertiary/aromatic N) is 1. The molecule has 2 N–H and O–H groups in total. The van der Waals surface area contributed by atoms with Gasteiger partial charge in [-0.05, 0) is 46.5 Å². The monoisotopic (exact) mass is 328 g/mol. The molecule has 0 aromatic heterocycles. The molecular weight excluding hydrogens is 316 g/mol. The lowest BCUT2D eigenvalue weighted by atomic mass is 10.0. The average molecular weight is 330 g/mol. The molecule has 1 saturated carbocycles. The third-order valence-corrected chi connectivity index (χ3v) is 4.84. The molecule has 3 rings (SSSR count). The summed E-state index contributed by atoms with van der Waals surface area (Å²) in [7, 11) is 0. The van der Waals surface area contributed by atoms with Crippen LogP contribution in [0.3, 0.4) is 0 Å². The highest BCUT2D eigenvalue weighted by Crippen LogP contribution is 2.42. The lowest BCUT2D eigenvalue weighted by Gasteiger charge is -2.27. The Hall–Kier alpha value is -0.580. The van der Waals surface area contributed by atoms with Crippen LogP contribution in [0.1, 0.15) is 30.9 Å². The summed E-state index contributed by atoms with van der Waals surface area (Å²) >= 11 is 9.43. The Labute approximate surface area is 119 Å². The Bertz CT molecular complexity index is 504. The van der Waals surface area contributed by atoms with Crippen LogP contribution >= 0.6 is 27.5 Å². The second-order valence-corrected chi connectivity index (χ2v) is 6.28. The highest BCUT2D eigenvalue weighted by molar-refractivity contribution is 9.10. The highest BCUT2D eigenvalue weighted by Gasteiger charge is 2.45. The molecule has 0 radical (unpaired) electrons. The average Bonchev–Trinajstić information content (AvgIpc) is 3.09. The number of amides is 1. The predicted octanol–water partition coefficient (Wildman–Crippen LogP) is 2.87. The van der Waals surface area contributed by atoms with Gasteiger partial charge < -0.3 is 10.6 Å². The summed E-state index contributed by atoms with van der Waals surface area (Å²) in [6.45, 7) is 0. The zero-order valence-corrected chi connectivity index (χ0v) is 12.1. The van der Waals surface area contributed by atoms with Gasteiger partial charge in [0.1, 0.15) is 0 Å². The van der Waals surface area contributed by atoms with Crippen LogP contribution in [-0.4, -0.2) is 22.9 Å². The predicted molar refractivity (Wildman–Crippen MR) is 74.4 cm³/mol. The van der Waals surface area contributed by atoms with Gasteiger partial charge in [0.2, 0.25) is 5.91 Å². The van der Waals surface area contributed by atoms with Crippen LogP contribution in [0.2, 0.25) is 5.02 Å². The Morgan fingerprint density at radius 1 is 1.39 bits per heavy atom. The number of carbonyl (C=O) groups is 1. The van der Waals surface area contributed by atoms with Crippen molar-refractivity contribution in [3.05, 3.63) is 33.3 Å². The van der Waals surface area contributed by atoms with Gasteiger partial charge in [-0.1, -0.05) is 17.7 Å². The van der Waals surface area contributed by atoms with Crippen molar-refractivity contribution in [3.8, 4) is 0 Å². The third-order valence-electron chi connectivity index (χ3n) is 3.63. The van der Waals surface area contributed by atoms with E-state index in [1.54, 1.807) is 0 Å². The number of likely N-dealkylation sites (tertiary alicyclic amines) is 1. The van der Waals surface area contributed by atoms with Crippen LogP contribution in [0.5, 0.6) is 0 Å². The van der Waals surface area contributed by atoms with Crippen LogP contribution < -0.4 is 5.73 Å². The second-order valence-electron chi connectivity index (χ2n) is 5.02. The summed E-state index contributed by atoms with van der Waals surface area (Å²) in [5.74, 6) is 0.182. The summed E-state index contributed by atoms with van der Waals surface area (Å²) < 4.78 is 0.851. The summed E-state index contributed by atoms with van der Waals surface area (Å²) in [5.41, 5.74) is 7.20. The van der Waals surface area contributed by atoms with Crippen molar-refractivity contribution >= 4 is 33.4 Å². The molecule has 1 saturated heterocycles. The van der Waals surface area contributed by atoms with Gasteiger partial charge in [0, 0.05) is 23.0 Å². The number of rotatable bonds is 2. The van der Waals surface area contributed by atoms with Gasteiger partial charge in [0.15, 0.2) is 0 Å². The first-order valence-electron chi connectivity index (χ1n) is 6.09. The standard InChI is InChI=1S/C13H14BrClN2O/c14-9-5-7(1-4-10(9)15)13-11(16)6-12(18)17(13)8-2-3-8/h1,4-5,8,11,13H,2-3,6,16H2. The van der Waals surface area contributed by atoms with Gasteiger partial charge in [-0.2, -0.15) is 0 Å². The zero-order valence-electron chi connectivity index (χ0n) is 9.77. The van der Waals surface area contributed by atoms with Crippen LogP contribution in [0.25, 0.3) is 0 Å². The molecule has 18 heavy (non-hydrogen) atoms. The molecular formula is C13H14BrClN2O. The van der Waals surface area contributed by atoms with E-state index in [4.69, 9.17) is 17.3 Å². The van der Waals surface area contributed by atoms with Crippen LogP contribution in [0.4, 0.5) is 0 Å². The fourth-order valence-corrected chi connectivity index (χ4v) is 3.18. The van der Waals surface area contributed by atoms with Crippen LogP contribution in [0.15, 0.2) is 22.7 Å². The summed E-state index contributed by atoms with van der Waals surface area (Å²) in [4.78, 5) is 14.0. The maximum atomic E-state index is 12.0. The van der Waals surface area contributed by atoms with Gasteiger partial charge in [0.25, 0.3) is 0 Å². The molecule has 1 aromatic carbocycles. The Kier molecular flexibility index (Phi) is 3.12. The number of hydrogen-bond acceptors (Lipinski definition) is 2. The van der Waals surface area contributed by atoms with Crippen molar-refractivity contribution in [2.45, 2.75) is 37.4 Å². The molecule has 2 fully saturated rings. The molecule has 0 spiro atoms. The smallest absolute Gasteiger partial charge is 0.225 e. The minimum Gasteiger partial charge on any atom is -0.331 e. The number of hydrogen-bond donors (Lipinski definition) is 1. The van der Waals surface area contributed by atoms with Crippen molar-refractivity contribution in [3.63, 3.8) is 0 Å². The largest absolute Gasteiger partial charge is 0.331 e. The van der Waals surface area contributed by atoms with Crippen LogP contribution in [-0.2, 0) is 4.79 Å². The quantitative estimate of drug-likeness (QED) is 0.907. The topological polar surface area (TPSA) is 46.3 Å². The van der Waals surface area contributed by atoms with E-state index in [0.717, 1.165) is 22.9 Å². The number of halogens is 2. The van der Waals surface area contributed by atoms with Gasteiger partial charge in [-0.15, -0.1) is 0 Å². The molecule has 5 heteroatoms. The maximum Gasteiger partial charge on any atom is 0.225 e. The van der Waals surface area contributed by atoms with E-state index in [0.29, 0.717) is 17.5 Å². The fourth-order valence-electron chi connectivity index (χ4n) is 2.67. The molecule has 1 aromatic rings. The lowest BCUT2D eigenvalue weighted by Crippen LogP contribution is -2.34.